The summed E-state index contributed by atoms with van der Waals surface area (Å²) >= 11 is 5.98. The zero-order valence-corrected chi connectivity index (χ0v) is 12.3. The third kappa shape index (κ3) is 4.13. The van der Waals surface area contributed by atoms with E-state index in [0.29, 0.717) is 17.3 Å². The normalized spacial score (nSPS) is 11.1. The summed E-state index contributed by atoms with van der Waals surface area (Å²) in [6.07, 6.45) is -0.491. The molecule has 0 atom stereocenters. The van der Waals surface area contributed by atoms with E-state index in [1.165, 1.54) is 5.01 Å². The summed E-state index contributed by atoms with van der Waals surface area (Å²) in [7, 11) is 3.36. The molecule has 0 saturated heterocycles. The standard InChI is InChI=1S/C13H18ClN3O2/c1-5-19-13(18)17(4)16-9(2)11-8-10(14)6-7-12(11)15-3/h6-8,15H,5H2,1-4H3/b16-9+. The molecular formula is C13H18ClN3O2. The van der Waals surface area contributed by atoms with E-state index in [1.54, 1.807) is 26.1 Å². The average Bonchev–Trinajstić information content (AvgIpc) is 2.38. The molecule has 1 N–H and O–H groups in total. The minimum absolute atomic E-state index is 0.316. The second kappa shape index (κ2) is 6.99. The number of halogens is 1. The van der Waals surface area contributed by atoms with Gasteiger partial charge >= 0.3 is 6.09 Å². The highest BCUT2D eigenvalue weighted by molar-refractivity contribution is 6.31. The highest BCUT2D eigenvalue weighted by atomic mass is 35.5. The largest absolute Gasteiger partial charge is 0.448 e. The quantitative estimate of drug-likeness (QED) is 0.682. The molecule has 0 aliphatic rings. The molecule has 0 heterocycles. The van der Waals surface area contributed by atoms with E-state index < -0.39 is 6.09 Å². The Hall–Kier alpha value is -1.75. The average molecular weight is 284 g/mol. The lowest BCUT2D eigenvalue weighted by atomic mass is 10.1. The second-order valence-electron chi connectivity index (χ2n) is 3.85. The van der Waals surface area contributed by atoms with E-state index in [9.17, 15) is 4.79 Å². The van der Waals surface area contributed by atoms with Gasteiger partial charge in [0, 0.05) is 30.4 Å². The molecule has 1 aromatic rings. The molecule has 0 aliphatic carbocycles. The van der Waals surface area contributed by atoms with Gasteiger partial charge in [0.1, 0.15) is 0 Å². The molecule has 1 amide bonds. The summed E-state index contributed by atoms with van der Waals surface area (Å²) in [4.78, 5) is 11.5. The third-order valence-electron chi connectivity index (χ3n) is 2.47. The van der Waals surface area contributed by atoms with Crippen molar-refractivity contribution in [3.05, 3.63) is 28.8 Å². The van der Waals surface area contributed by atoms with Gasteiger partial charge in [0.05, 0.1) is 12.3 Å². The predicted molar refractivity (Wildman–Crippen MR) is 78.0 cm³/mol. The number of carbonyl (C=O) groups excluding carboxylic acids is 1. The zero-order chi connectivity index (χ0) is 14.4. The van der Waals surface area contributed by atoms with Gasteiger partial charge < -0.3 is 10.1 Å². The zero-order valence-electron chi connectivity index (χ0n) is 11.5. The van der Waals surface area contributed by atoms with E-state index in [4.69, 9.17) is 16.3 Å². The minimum atomic E-state index is -0.491. The first kappa shape index (κ1) is 15.3. The molecule has 1 aromatic carbocycles. The van der Waals surface area contributed by atoms with Gasteiger partial charge in [-0.05, 0) is 32.0 Å². The Morgan fingerprint density at radius 1 is 1.53 bits per heavy atom. The van der Waals surface area contributed by atoms with Crippen LogP contribution < -0.4 is 5.32 Å². The molecule has 6 heteroatoms. The van der Waals surface area contributed by atoms with E-state index in [1.807, 2.05) is 20.0 Å². The fourth-order valence-corrected chi connectivity index (χ4v) is 1.74. The topological polar surface area (TPSA) is 53.9 Å². The van der Waals surface area contributed by atoms with Crippen molar-refractivity contribution in [2.24, 2.45) is 5.10 Å². The van der Waals surface area contributed by atoms with Crippen LogP contribution in [0.2, 0.25) is 5.02 Å². The van der Waals surface area contributed by atoms with Gasteiger partial charge in [-0.1, -0.05) is 11.6 Å². The van der Waals surface area contributed by atoms with Crippen molar-refractivity contribution in [2.45, 2.75) is 13.8 Å². The van der Waals surface area contributed by atoms with Gasteiger partial charge in [0.2, 0.25) is 0 Å². The van der Waals surface area contributed by atoms with Gasteiger partial charge in [-0.15, -0.1) is 0 Å². The van der Waals surface area contributed by atoms with Crippen LogP contribution in [0.15, 0.2) is 23.3 Å². The minimum Gasteiger partial charge on any atom is -0.448 e. The monoisotopic (exact) mass is 283 g/mol. The van der Waals surface area contributed by atoms with Gasteiger partial charge in [-0.25, -0.2) is 9.80 Å². The van der Waals surface area contributed by atoms with Gasteiger partial charge in [0.25, 0.3) is 0 Å². The molecule has 0 radical (unpaired) electrons. The van der Waals surface area contributed by atoms with Crippen LogP contribution in [0.1, 0.15) is 19.4 Å². The number of rotatable bonds is 4. The van der Waals surface area contributed by atoms with Gasteiger partial charge in [0.15, 0.2) is 0 Å². The number of hydrogen-bond donors (Lipinski definition) is 1. The number of nitrogens with zero attached hydrogens (tertiary/aromatic N) is 2. The van der Waals surface area contributed by atoms with E-state index in [2.05, 4.69) is 10.4 Å². The van der Waals surface area contributed by atoms with Crippen LogP contribution in [0.3, 0.4) is 0 Å². The van der Waals surface area contributed by atoms with Crippen LogP contribution in [0.25, 0.3) is 0 Å². The van der Waals surface area contributed by atoms with Crippen molar-refractivity contribution in [1.29, 1.82) is 0 Å². The smallest absolute Gasteiger partial charge is 0.430 e. The first-order chi connectivity index (χ1) is 8.99. The maximum Gasteiger partial charge on any atom is 0.430 e. The molecule has 0 spiro atoms. The molecule has 19 heavy (non-hydrogen) atoms. The van der Waals surface area contributed by atoms with Crippen LogP contribution >= 0.6 is 11.6 Å². The third-order valence-corrected chi connectivity index (χ3v) is 2.71. The summed E-state index contributed by atoms with van der Waals surface area (Å²) in [5.74, 6) is 0. The molecular weight excluding hydrogens is 266 g/mol. The van der Waals surface area contributed by atoms with Crippen molar-refractivity contribution in [2.75, 3.05) is 26.0 Å². The molecule has 5 nitrogen and oxygen atoms in total. The van der Waals surface area contributed by atoms with Gasteiger partial charge in [-0.2, -0.15) is 5.10 Å². The fraction of sp³-hybridized carbons (Fsp3) is 0.385. The fourth-order valence-electron chi connectivity index (χ4n) is 1.57. The predicted octanol–water partition coefficient (Wildman–Crippen LogP) is 3.19. The Bertz CT molecular complexity index is 489. The summed E-state index contributed by atoms with van der Waals surface area (Å²) in [5, 5.41) is 9.03. The maximum absolute atomic E-state index is 11.5. The molecule has 0 unspecified atom stereocenters. The van der Waals surface area contributed by atoms with Crippen molar-refractivity contribution >= 4 is 29.1 Å². The molecule has 0 fully saturated rings. The molecule has 104 valence electrons. The van der Waals surface area contributed by atoms with Crippen LogP contribution in [-0.2, 0) is 4.74 Å². The highest BCUT2D eigenvalue weighted by Crippen LogP contribution is 2.21. The lowest BCUT2D eigenvalue weighted by Gasteiger charge is -2.14. The van der Waals surface area contributed by atoms with Crippen LogP contribution in [-0.4, -0.2) is 37.5 Å². The number of amides is 1. The number of carbonyl (C=O) groups is 1. The maximum atomic E-state index is 11.5. The van der Waals surface area contributed by atoms with E-state index in [0.717, 1.165) is 11.3 Å². The Balaban J connectivity index is 3.01. The number of nitrogens with one attached hydrogen (secondary N) is 1. The number of hydrazone groups is 1. The molecule has 1 rings (SSSR count). The SMILES string of the molecule is CCOC(=O)N(C)/N=C(\C)c1cc(Cl)ccc1NC. The Labute approximate surface area is 118 Å². The van der Waals surface area contributed by atoms with Crippen LogP contribution in [0, 0.1) is 0 Å². The lowest BCUT2D eigenvalue weighted by molar-refractivity contribution is 0.117. The Morgan fingerprint density at radius 3 is 2.79 bits per heavy atom. The molecule has 0 aliphatic heterocycles. The van der Waals surface area contributed by atoms with Crippen molar-refractivity contribution in [3.63, 3.8) is 0 Å². The number of benzene rings is 1. The molecule has 0 bridgehead atoms. The van der Waals surface area contributed by atoms with Gasteiger partial charge in [-0.3, -0.25) is 0 Å². The second-order valence-corrected chi connectivity index (χ2v) is 4.28. The number of ether oxygens (including phenoxy) is 1. The molecule has 0 aromatic heterocycles. The molecule has 0 saturated carbocycles. The highest BCUT2D eigenvalue weighted by Gasteiger charge is 2.11. The number of anilines is 1. The number of hydrogen-bond acceptors (Lipinski definition) is 4. The van der Waals surface area contributed by atoms with E-state index in [-0.39, 0.29) is 0 Å². The summed E-state index contributed by atoms with van der Waals surface area (Å²) < 4.78 is 4.86. The van der Waals surface area contributed by atoms with Crippen LogP contribution in [0.4, 0.5) is 10.5 Å². The van der Waals surface area contributed by atoms with Crippen molar-refractivity contribution in [1.82, 2.24) is 5.01 Å². The summed E-state index contributed by atoms with van der Waals surface area (Å²) in [6, 6.07) is 5.45. The first-order valence-electron chi connectivity index (χ1n) is 5.93. The summed E-state index contributed by atoms with van der Waals surface area (Å²) in [5.41, 5.74) is 2.40. The Morgan fingerprint density at radius 2 is 2.21 bits per heavy atom. The van der Waals surface area contributed by atoms with Crippen molar-refractivity contribution in [3.8, 4) is 0 Å². The van der Waals surface area contributed by atoms with Crippen molar-refractivity contribution < 1.29 is 9.53 Å². The first-order valence-corrected chi connectivity index (χ1v) is 6.30. The van der Waals surface area contributed by atoms with E-state index >= 15 is 0 Å². The summed E-state index contributed by atoms with van der Waals surface area (Å²) in [6.45, 7) is 3.87. The Kier molecular flexibility index (Phi) is 5.63. The lowest BCUT2D eigenvalue weighted by Crippen LogP contribution is -2.23. The van der Waals surface area contributed by atoms with Crippen LogP contribution in [0.5, 0.6) is 0 Å².